The van der Waals surface area contributed by atoms with Gasteiger partial charge in [-0.25, -0.2) is 4.79 Å². The first-order valence-electron chi connectivity index (χ1n) is 9.72. The number of carboxylic acid groups (broad SMARTS) is 1. The zero-order chi connectivity index (χ0) is 24.3. The SMILES string of the molecule is CC(N)C(=O)NC(CCC(N)=O)C(=O)NC(CCC(N)=O)C(=O)NC(C(=O)O)C(C)C. The summed E-state index contributed by atoms with van der Waals surface area (Å²) in [4.78, 5) is 70.8. The van der Waals surface area contributed by atoms with Crippen LogP contribution in [0.1, 0.15) is 46.5 Å². The molecule has 0 aromatic heterocycles. The maximum absolute atomic E-state index is 12.7. The normalized spacial score (nSPS) is 14.6. The average molecular weight is 444 g/mol. The van der Waals surface area contributed by atoms with E-state index in [-0.39, 0.29) is 25.7 Å². The molecule has 4 unspecified atom stereocenters. The van der Waals surface area contributed by atoms with E-state index >= 15 is 0 Å². The van der Waals surface area contributed by atoms with Gasteiger partial charge in [0.05, 0.1) is 6.04 Å². The predicted octanol–water partition coefficient (Wildman–Crippen LogP) is -2.94. The molecule has 176 valence electrons. The molecule has 13 heteroatoms. The molecule has 0 aliphatic rings. The van der Waals surface area contributed by atoms with Crippen LogP contribution in [0.15, 0.2) is 0 Å². The standard InChI is InChI=1S/C18H32N6O7/c1-8(2)14(18(30)31)24-17(29)11(5-7-13(21)26)23-16(28)10(4-6-12(20)25)22-15(27)9(3)19/h8-11,14H,4-7,19H2,1-3H3,(H2,20,25)(H2,21,26)(H,22,27)(H,23,28)(H,24,29)(H,30,31). The van der Waals surface area contributed by atoms with Crippen LogP contribution in [0.25, 0.3) is 0 Å². The first-order valence-corrected chi connectivity index (χ1v) is 9.72. The largest absolute Gasteiger partial charge is 0.480 e. The van der Waals surface area contributed by atoms with Crippen molar-refractivity contribution in [1.29, 1.82) is 0 Å². The topological polar surface area (TPSA) is 237 Å². The number of amides is 5. The third-order valence-electron chi connectivity index (χ3n) is 4.27. The lowest BCUT2D eigenvalue weighted by Gasteiger charge is -2.25. The van der Waals surface area contributed by atoms with E-state index in [1.54, 1.807) is 13.8 Å². The monoisotopic (exact) mass is 444 g/mol. The third kappa shape index (κ3) is 10.9. The van der Waals surface area contributed by atoms with Gasteiger partial charge in [0, 0.05) is 12.8 Å². The van der Waals surface area contributed by atoms with E-state index in [9.17, 15) is 33.9 Å². The molecule has 0 aliphatic carbocycles. The molecule has 10 N–H and O–H groups in total. The number of hydrogen-bond donors (Lipinski definition) is 7. The van der Waals surface area contributed by atoms with Crippen LogP contribution < -0.4 is 33.2 Å². The van der Waals surface area contributed by atoms with E-state index in [4.69, 9.17) is 17.2 Å². The van der Waals surface area contributed by atoms with E-state index < -0.39 is 65.6 Å². The molecule has 0 saturated heterocycles. The summed E-state index contributed by atoms with van der Waals surface area (Å²) >= 11 is 0. The highest BCUT2D eigenvalue weighted by Crippen LogP contribution is 2.06. The number of nitrogens with one attached hydrogen (secondary N) is 3. The van der Waals surface area contributed by atoms with Gasteiger partial charge in [-0.1, -0.05) is 13.8 Å². The second kappa shape index (κ2) is 13.2. The van der Waals surface area contributed by atoms with E-state index in [1.165, 1.54) is 6.92 Å². The van der Waals surface area contributed by atoms with Gasteiger partial charge in [0.1, 0.15) is 18.1 Å². The third-order valence-corrected chi connectivity index (χ3v) is 4.27. The Kier molecular flexibility index (Phi) is 11.8. The van der Waals surface area contributed by atoms with Gasteiger partial charge in [-0.2, -0.15) is 0 Å². The molecular weight excluding hydrogens is 412 g/mol. The molecule has 0 heterocycles. The number of hydrogen-bond acceptors (Lipinski definition) is 7. The number of nitrogens with two attached hydrogens (primary N) is 3. The maximum atomic E-state index is 12.7. The fourth-order valence-electron chi connectivity index (χ4n) is 2.45. The zero-order valence-corrected chi connectivity index (χ0v) is 17.8. The van der Waals surface area contributed by atoms with E-state index in [2.05, 4.69) is 16.0 Å². The summed E-state index contributed by atoms with van der Waals surface area (Å²) in [6, 6.07) is -4.73. The number of aliphatic carboxylic acids is 1. The lowest BCUT2D eigenvalue weighted by Crippen LogP contribution is -2.57. The average Bonchev–Trinajstić information content (AvgIpc) is 2.64. The minimum Gasteiger partial charge on any atom is -0.480 e. The number of carbonyl (C=O) groups is 6. The van der Waals surface area contributed by atoms with Crippen molar-refractivity contribution in [3.8, 4) is 0 Å². The first kappa shape index (κ1) is 27.8. The van der Waals surface area contributed by atoms with Crippen molar-refractivity contribution in [1.82, 2.24) is 16.0 Å². The number of carboxylic acids is 1. The lowest BCUT2D eigenvalue weighted by molar-refractivity contribution is -0.143. The second-order valence-electron chi connectivity index (χ2n) is 7.49. The fraction of sp³-hybridized carbons (Fsp3) is 0.667. The minimum absolute atomic E-state index is 0.159. The van der Waals surface area contributed by atoms with Gasteiger partial charge >= 0.3 is 5.97 Å². The van der Waals surface area contributed by atoms with Crippen molar-refractivity contribution in [2.24, 2.45) is 23.1 Å². The molecule has 4 atom stereocenters. The Morgan fingerprint density at radius 3 is 1.45 bits per heavy atom. The summed E-state index contributed by atoms with van der Waals surface area (Å²) in [5.74, 6) is -5.53. The van der Waals surface area contributed by atoms with Crippen LogP contribution in [0, 0.1) is 5.92 Å². The fourth-order valence-corrected chi connectivity index (χ4v) is 2.45. The van der Waals surface area contributed by atoms with Crippen LogP contribution in [-0.4, -0.2) is 64.8 Å². The van der Waals surface area contributed by atoms with Crippen molar-refractivity contribution in [3.05, 3.63) is 0 Å². The highest BCUT2D eigenvalue weighted by Gasteiger charge is 2.31. The Morgan fingerprint density at radius 1 is 0.742 bits per heavy atom. The van der Waals surface area contributed by atoms with Crippen molar-refractivity contribution in [3.63, 3.8) is 0 Å². The molecule has 0 saturated carbocycles. The van der Waals surface area contributed by atoms with Crippen molar-refractivity contribution in [2.75, 3.05) is 0 Å². The van der Waals surface area contributed by atoms with Gasteiger partial charge in [-0.05, 0) is 25.7 Å². The predicted molar refractivity (Wildman–Crippen MR) is 109 cm³/mol. The van der Waals surface area contributed by atoms with E-state index in [0.717, 1.165) is 0 Å². The Balaban J connectivity index is 5.53. The van der Waals surface area contributed by atoms with Crippen LogP contribution >= 0.6 is 0 Å². The summed E-state index contributed by atoms with van der Waals surface area (Å²) in [5.41, 5.74) is 15.7. The van der Waals surface area contributed by atoms with Crippen LogP contribution in [0.2, 0.25) is 0 Å². The molecule has 0 aromatic carbocycles. The summed E-state index contributed by atoms with van der Waals surface area (Å²) in [6.07, 6.45) is -0.867. The van der Waals surface area contributed by atoms with Gasteiger partial charge in [-0.3, -0.25) is 24.0 Å². The maximum Gasteiger partial charge on any atom is 0.326 e. The molecule has 0 aromatic rings. The Morgan fingerprint density at radius 2 is 1.13 bits per heavy atom. The Labute approximate surface area is 179 Å². The number of carbonyl (C=O) groups excluding carboxylic acids is 5. The molecule has 0 radical (unpaired) electrons. The van der Waals surface area contributed by atoms with Crippen molar-refractivity contribution >= 4 is 35.5 Å². The molecule has 0 aliphatic heterocycles. The van der Waals surface area contributed by atoms with Crippen LogP contribution in [0.4, 0.5) is 0 Å². The van der Waals surface area contributed by atoms with Gasteiger partial charge < -0.3 is 38.3 Å². The highest BCUT2D eigenvalue weighted by atomic mass is 16.4. The van der Waals surface area contributed by atoms with E-state index in [0.29, 0.717) is 0 Å². The van der Waals surface area contributed by atoms with Gasteiger partial charge in [0.2, 0.25) is 29.5 Å². The molecule has 5 amide bonds. The summed E-state index contributed by atoms with van der Waals surface area (Å²) in [6.45, 7) is 4.55. The van der Waals surface area contributed by atoms with E-state index in [1.807, 2.05) is 0 Å². The Hall–Kier alpha value is -3.22. The molecule has 0 rings (SSSR count). The summed E-state index contributed by atoms with van der Waals surface area (Å²) in [7, 11) is 0. The summed E-state index contributed by atoms with van der Waals surface area (Å²) in [5, 5.41) is 16.3. The van der Waals surface area contributed by atoms with Gasteiger partial charge in [0.15, 0.2) is 0 Å². The second-order valence-corrected chi connectivity index (χ2v) is 7.49. The molecule has 0 bridgehead atoms. The van der Waals surface area contributed by atoms with Crippen molar-refractivity contribution in [2.45, 2.75) is 70.6 Å². The minimum atomic E-state index is -1.32. The highest BCUT2D eigenvalue weighted by molar-refractivity contribution is 5.94. The zero-order valence-electron chi connectivity index (χ0n) is 17.8. The number of rotatable bonds is 14. The van der Waals surface area contributed by atoms with Crippen LogP contribution in [-0.2, 0) is 28.8 Å². The first-order chi connectivity index (χ1) is 14.3. The summed E-state index contributed by atoms with van der Waals surface area (Å²) < 4.78 is 0. The van der Waals surface area contributed by atoms with Crippen molar-refractivity contribution < 1.29 is 33.9 Å². The molecule has 31 heavy (non-hydrogen) atoms. The van der Waals surface area contributed by atoms with Gasteiger partial charge in [0.25, 0.3) is 0 Å². The lowest BCUT2D eigenvalue weighted by atomic mass is 10.0. The molecule has 13 nitrogen and oxygen atoms in total. The number of primary amides is 2. The smallest absolute Gasteiger partial charge is 0.326 e. The van der Waals surface area contributed by atoms with Crippen LogP contribution in [0.3, 0.4) is 0 Å². The van der Waals surface area contributed by atoms with Crippen LogP contribution in [0.5, 0.6) is 0 Å². The molecule has 0 fully saturated rings. The Bertz CT molecular complexity index is 695. The molecule has 0 spiro atoms. The molecular formula is C18H32N6O7. The van der Waals surface area contributed by atoms with Gasteiger partial charge in [-0.15, -0.1) is 0 Å². The quantitative estimate of drug-likeness (QED) is 0.146.